The number of nitrogens with zero attached hydrogens (tertiary/aromatic N) is 3. The maximum Gasteiger partial charge on any atom is 0.267 e. The van der Waals surface area contributed by atoms with Crippen LogP contribution >= 0.6 is 0 Å². The first-order chi connectivity index (χ1) is 10.8. The minimum Gasteiger partial charge on any atom is -0.356 e. The summed E-state index contributed by atoms with van der Waals surface area (Å²) in [5, 5.41) is 7.40. The Labute approximate surface area is 137 Å². The Hall–Kier alpha value is -1.69. The van der Waals surface area contributed by atoms with Crippen LogP contribution < -0.4 is 10.9 Å². The summed E-state index contributed by atoms with van der Waals surface area (Å²) in [5.41, 5.74) is 0.702. The van der Waals surface area contributed by atoms with Gasteiger partial charge in [0.15, 0.2) is 0 Å². The lowest BCUT2D eigenvalue weighted by atomic mass is 9.92. The van der Waals surface area contributed by atoms with Crippen LogP contribution in [0.3, 0.4) is 0 Å². The van der Waals surface area contributed by atoms with E-state index in [-0.39, 0.29) is 22.8 Å². The second kappa shape index (κ2) is 7.25. The lowest BCUT2D eigenvalue weighted by molar-refractivity contribution is -0.126. The van der Waals surface area contributed by atoms with Crippen LogP contribution in [-0.2, 0) is 16.9 Å². The molecule has 6 nitrogen and oxygen atoms in total. The molecule has 0 unspecified atom stereocenters. The molecule has 23 heavy (non-hydrogen) atoms. The minimum absolute atomic E-state index is 0.00482. The molecular formula is C17H28N4O2. The van der Waals surface area contributed by atoms with Gasteiger partial charge in [-0.05, 0) is 32.4 Å². The van der Waals surface area contributed by atoms with E-state index < -0.39 is 0 Å². The van der Waals surface area contributed by atoms with Gasteiger partial charge in [-0.1, -0.05) is 20.8 Å². The molecule has 1 aliphatic rings. The Kier molecular flexibility index (Phi) is 5.57. The normalized spacial score (nSPS) is 19.6. The molecule has 1 N–H and O–H groups in total. The Morgan fingerprint density at radius 1 is 1.39 bits per heavy atom. The molecule has 1 fully saturated rings. The van der Waals surface area contributed by atoms with E-state index in [0.717, 1.165) is 25.1 Å². The van der Waals surface area contributed by atoms with Gasteiger partial charge in [0.05, 0.1) is 18.3 Å². The molecule has 0 radical (unpaired) electrons. The highest BCUT2D eigenvalue weighted by Crippen LogP contribution is 2.19. The van der Waals surface area contributed by atoms with Crippen LogP contribution in [0.25, 0.3) is 0 Å². The van der Waals surface area contributed by atoms with Crippen molar-refractivity contribution in [3.8, 4) is 0 Å². The highest BCUT2D eigenvalue weighted by molar-refractivity contribution is 5.78. The number of rotatable bonds is 4. The van der Waals surface area contributed by atoms with E-state index in [1.54, 1.807) is 12.1 Å². The van der Waals surface area contributed by atoms with Crippen LogP contribution in [0, 0.1) is 5.92 Å². The maximum absolute atomic E-state index is 12.1. The predicted octanol–water partition coefficient (Wildman–Crippen LogP) is 1.35. The van der Waals surface area contributed by atoms with E-state index >= 15 is 0 Å². The molecule has 1 saturated heterocycles. The van der Waals surface area contributed by atoms with Gasteiger partial charge < -0.3 is 5.32 Å². The van der Waals surface area contributed by atoms with Gasteiger partial charge in [-0.15, -0.1) is 0 Å². The number of aromatic nitrogens is 2. The van der Waals surface area contributed by atoms with Crippen LogP contribution in [-0.4, -0.2) is 40.2 Å². The number of nitrogens with one attached hydrogen (secondary N) is 1. The van der Waals surface area contributed by atoms with Gasteiger partial charge in [-0.3, -0.25) is 14.5 Å². The molecule has 1 aromatic rings. The lowest BCUT2D eigenvalue weighted by Gasteiger charge is -2.32. The fourth-order valence-corrected chi connectivity index (χ4v) is 2.86. The number of hydrogen-bond acceptors (Lipinski definition) is 4. The molecule has 128 valence electrons. The third-order valence-electron chi connectivity index (χ3n) is 4.20. The molecule has 0 spiro atoms. The van der Waals surface area contributed by atoms with E-state index in [0.29, 0.717) is 19.8 Å². The van der Waals surface area contributed by atoms with Gasteiger partial charge in [-0.25, -0.2) is 4.68 Å². The molecular weight excluding hydrogens is 292 g/mol. The maximum atomic E-state index is 12.1. The number of piperidine rings is 1. The Morgan fingerprint density at radius 2 is 2.13 bits per heavy atom. The van der Waals surface area contributed by atoms with Gasteiger partial charge in [0.2, 0.25) is 5.91 Å². The summed E-state index contributed by atoms with van der Waals surface area (Å²) < 4.78 is 1.51. The summed E-state index contributed by atoms with van der Waals surface area (Å²) in [5.74, 6) is 0.117. The number of likely N-dealkylation sites (tertiary alicyclic amines) is 1. The highest BCUT2D eigenvalue weighted by atomic mass is 16.2. The van der Waals surface area contributed by atoms with E-state index in [1.165, 1.54) is 4.68 Å². The van der Waals surface area contributed by atoms with Crippen molar-refractivity contribution in [1.29, 1.82) is 0 Å². The zero-order valence-corrected chi connectivity index (χ0v) is 14.6. The van der Waals surface area contributed by atoms with Crippen molar-refractivity contribution in [3.63, 3.8) is 0 Å². The largest absolute Gasteiger partial charge is 0.356 e. The molecule has 1 atom stereocenters. The van der Waals surface area contributed by atoms with Crippen molar-refractivity contribution in [2.45, 2.75) is 52.6 Å². The van der Waals surface area contributed by atoms with Crippen molar-refractivity contribution < 1.29 is 4.79 Å². The van der Waals surface area contributed by atoms with E-state index in [1.807, 2.05) is 6.92 Å². The average molecular weight is 320 g/mol. The predicted molar refractivity (Wildman–Crippen MR) is 90.2 cm³/mol. The van der Waals surface area contributed by atoms with Gasteiger partial charge in [0.25, 0.3) is 5.56 Å². The van der Waals surface area contributed by atoms with Gasteiger partial charge in [0, 0.05) is 24.6 Å². The number of carbonyl (C=O) groups excluding carboxylic acids is 1. The van der Waals surface area contributed by atoms with Crippen molar-refractivity contribution >= 4 is 5.91 Å². The fraction of sp³-hybridized carbons (Fsp3) is 0.706. The Morgan fingerprint density at radius 3 is 2.78 bits per heavy atom. The zero-order valence-electron chi connectivity index (χ0n) is 14.6. The Balaban J connectivity index is 2.09. The first-order valence-corrected chi connectivity index (χ1v) is 8.40. The first-order valence-electron chi connectivity index (χ1n) is 8.40. The quantitative estimate of drug-likeness (QED) is 0.909. The third-order valence-corrected chi connectivity index (χ3v) is 4.20. The van der Waals surface area contributed by atoms with Crippen LogP contribution in [0.1, 0.15) is 46.2 Å². The summed E-state index contributed by atoms with van der Waals surface area (Å²) >= 11 is 0. The topological polar surface area (TPSA) is 67.2 Å². The van der Waals surface area contributed by atoms with Gasteiger partial charge in [-0.2, -0.15) is 5.10 Å². The lowest BCUT2D eigenvalue weighted by Crippen LogP contribution is -2.45. The second-order valence-electron chi connectivity index (χ2n) is 7.26. The molecule has 0 saturated carbocycles. The van der Waals surface area contributed by atoms with E-state index in [2.05, 4.69) is 36.1 Å². The van der Waals surface area contributed by atoms with Crippen LogP contribution in [0.2, 0.25) is 0 Å². The molecule has 0 bridgehead atoms. The highest BCUT2D eigenvalue weighted by Gasteiger charge is 2.26. The SMILES string of the molecule is CCNC(=O)[C@@H]1CCCN(Cn2nc(C(C)(C)C)ccc2=O)C1. The number of carbonyl (C=O) groups is 1. The second-order valence-corrected chi connectivity index (χ2v) is 7.26. The molecule has 6 heteroatoms. The van der Waals surface area contributed by atoms with Crippen molar-refractivity contribution in [1.82, 2.24) is 20.0 Å². The molecule has 1 aromatic heterocycles. The van der Waals surface area contributed by atoms with Gasteiger partial charge in [0.1, 0.15) is 0 Å². The van der Waals surface area contributed by atoms with E-state index in [9.17, 15) is 9.59 Å². The van der Waals surface area contributed by atoms with Crippen molar-refractivity contribution in [3.05, 3.63) is 28.2 Å². The first kappa shape index (κ1) is 17.7. The summed E-state index contributed by atoms with van der Waals surface area (Å²) in [4.78, 5) is 26.3. The molecule has 2 heterocycles. The van der Waals surface area contributed by atoms with Crippen LogP contribution in [0.5, 0.6) is 0 Å². The third kappa shape index (κ3) is 4.64. The zero-order chi connectivity index (χ0) is 17.0. The smallest absolute Gasteiger partial charge is 0.267 e. The molecule has 2 rings (SSSR count). The molecule has 0 aromatic carbocycles. The van der Waals surface area contributed by atoms with Gasteiger partial charge >= 0.3 is 0 Å². The molecule has 1 aliphatic heterocycles. The number of hydrogen-bond donors (Lipinski definition) is 1. The number of amides is 1. The average Bonchev–Trinajstić information content (AvgIpc) is 2.49. The van der Waals surface area contributed by atoms with Crippen LogP contribution in [0.15, 0.2) is 16.9 Å². The standard InChI is InChI=1S/C17H28N4O2/c1-5-18-16(23)13-7-6-10-20(11-13)12-21-15(22)9-8-14(19-21)17(2,3)4/h8-9,13H,5-7,10-12H2,1-4H3,(H,18,23)/t13-/m1/s1. The molecule has 0 aliphatic carbocycles. The summed E-state index contributed by atoms with van der Waals surface area (Å²) in [6.07, 6.45) is 1.88. The van der Waals surface area contributed by atoms with E-state index in [4.69, 9.17) is 0 Å². The monoisotopic (exact) mass is 320 g/mol. The minimum atomic E-state index is -0.0990. The van der Waals surface area contributed by atoms with Crippen molar-refractivity contribution in [2.75, 3.05) is 19.6 Å². The summed E-state index contributed by atoms with van der Waals surface area (Å²) in [7, 11) is 0. The Bertz CT molecular complexity index is 603. The molecule has 1 amide bonds. The summed E-state index contributed by atoms with van der Waals surface area (Å²) in [6, 6.07) is 3.38. The summed E-state index contributed by atoms with van der Waals surface area (Å²) in [6.45, 7) is 10.8. The van der Waals surface area contributed by atoms with Crippen molar-refractivity contribution in [2.24, 2.45) is 5.92 Å². The van der Waals surface area contributed by atoms with Crippen LogP contribution in [0.4, 0.5) is 0 Å². The fourth-order valence-electron chi connectivity index (χ4n) is 2.86.